The Morgan fingerprint density at radius 3 is 2.33 bits per heavy atom. The number of nitrogens with zero attached hydrogens (tertiary/aromatic N) is 4. The number of ether oxygens (including phenoxy) is 1. The molecule has 1 saturated carbocycles. The van der Waals surface area contributed by atoms with E-state index in [0.717, 1.165) is 81.5 Å². The summed E-state index contributed by atoms with van der Waals surface area (Å²) in [6.45, 7) is 17.3. The number of aromatic amines is 1. The Morgan fingerprint density at radius 2 is 1.69 bits per heavy atom. The third kappa shape index (κ3) is 8.60. The number of nitrogens with one attached hydrogen (secondary N) is 1. The number of rotatable bonds is 10. The maximum Gasteiger partial charge on any atom is 0.142 e. The molecule has 1 aromatic carbocycles. The average molecular weight is 664 g/mol. The van der Waals surface area contributed by atoms with Crippen LogP contribution in [-0.2, 0) is 21.4 Å². The van der Waals surface area contributed by atoms with E-state index < -0.39 is 0 Å². The number of Topliss-reactive ketones (excluding diaryl/α,β-unsaturated/α-hetero) is 1. The van der Waals surface area contributed by atoms with Crippen molar-refractivity contribution >= 4 is 5.78 Å². The summed E-state index contributed by atoms with van der Waals surface area (Å²) >= 11 is 0. The van der Waals surface area contributed by atoms with Gasteiger partial charge in [-0.3, -0.25) is 19.4 Å². The minimum absolute atomic E-state index is 0.0675. The van der Waals surface area contributed by atoms with Crippen molar-refractivity contribution in [3.05, 3.63) is 77.8 Å². The van der Waals surface area contributed by atoms with Crippen molar-refractivity contribution in [2.75, 3.05) is 13.2 Å². The largest absolute Gasteiger partial charge is 0.381 e. The highest BCUT2D eigenvalue weighted by Crippen LogP contribution is 2.42. The van der Waals surface area contributed by atoms with Gasteiger partial charge >= 0.3 is 0 Å². The molecule has 1 aliphatic heterocycles. The number of ketones is 1. The molecule has 7 nitrogen and oxygen atoms in total. The van der Waals surface area contributed by atoms with Crippen LogP contribution >= 0.6 is 0 Å². The number of aryl methyl sites for hydroxylation is 1. The van der Waals surface area contributed by atoms with E-state index in [2.05, 4.69) is 95.3 Å². The fourth-order valence-corrected chi connectivity index (χ4v) is 7.98. The van der Waals surface area contributed by atoms with Crippen LogP contribution < -0.4 is 0 Å². The maximum atomic E-state index is 14.0. The summed E-state index contributed by atoms with van der Waals surface area (Å²) in [6.07, 6.45) is 20.7. The first kappa shape index (κ1) is 35.3. The van der Waals surface area contributed by atoms with Crippen molar-refractivity contribution in [3.8, 4) is 22.4 Å². The molecule has 49 heavy (non-hydrogen) atoms. The van der Waals surface area contributed by atoms with Gasteiger partial charge in [-0.1, -0.05) is 59.7 Å². The lowest BCUT2D eigenvalue weighted by molar-refractivity contribution is -0.122. The SMILES string of the molecule is Cc1c[nH]cc1-c1cc(CC2CCC(C(C(=O)CCC(C)(C)C)c3cnc(-c4cnn(C5CCOCC5)c4)cn3)CC2)ccc1C(C)(C)C. The first-order valence-corrected chi connectivity index (χ1v) is 18.6. The number of hydrogen-bond donors (Lipinski definition) is 1. The molecule has 1 saturated heterocycles. The van der Waals surface area contributed by atoms with Crippen molar-refractivity contribution in [1.29, 1.82) is 0 Å². The van der Waals surface area contributed by atoms with Crippen LogP contribution in [0, 0.1) is 24.2 Å². The Kier molecular flexibility index (Phi) is 10.6. The van der Waals surface area contributed by atoms with Crippen molar-refractivity contribution in [2.24, 2.45) is 17.3 Å². The number of aromatic nitrogens is 5. The molecule has 1 unspecified atom stereocenters. The van der Waals surface area contributed by atoms with Crippen molar-refractivity contribution in [3.63, 3.8) is 0 Å². The molecule has 0 amide bonds. The van der Waals surface area contributed by atoms with E-state index in [-0.39, 0.29) is 16.7 Å². The first-order chi connectivity index (χ1) is 23.4. The number of carbonyl (C=O) groups is 1. The lowest BCUT2D eigenvalue weighted by atomic mass is 9.71. The van der Waals surface area contributed by atoms with Gasteiger partial charge in [0, 0.05) is 55.5 Å². The molecule has 3 aromatic heterocycles. The van der Waals surface area contributed by atoms with Crippen molar-refractivity contribution in [2.45, 2.75) is 124 Å². The second kappa shape index (κ2) is 14.7. The minimum atomic E-state index is -0.205. The Morgan fingerprint density at radius 1 is 0.939 bits per heavy atom. The third-order valence-electron chi connectivity index (χ3n) is 10.9. The zero-order chi connectivity index (χ0) is 34.8. The highest BCUT2D eigenvalue weighted by molar-refractivity contribution is 5.85. The van der Waals surface area contributed by atoms with Gasteiger partial charge in [0.2, 0.25) is 0 Å². The molecule has 6 rings (SSSR count). The van der Waals surface area contributed by atoms with E-state index in [4.69, 9.17) is 14.7 Å². The zero-order valence-corrected chi connectivity index (χ0v) is 30.9. The van der Waals surface area contributed by atoms with Crippen LogP contribution in [0.1, 0.15) is 127 Å². The lowest BCUT2D eigenvalue weighted by Crippen LogP contribution is -2.28. The number of carbonyl (C=O) groups excluding carboxylic acids is 1. The Hall–Kier alpha value is -3.58. The van der Waals surface area contributed by atoms with Gasteiger partial charge in [-0.25, -0.2) is 0 Å². The Labute approximate surface area is 293 Å². The maximum absolute atomic E-state index is 14.0. The van der Waals surface area contributed by atoms with Crippen molar-refractivity contribution < 1.29 is 9.53 Å². The molecule has 0 spiro atoms. The summed E-state index contributed by atoms with van der Waals surface area (Å²) in [5, 5.41) is 4.63. The normalized spacial score (nSPS) is 20.0. The highest BCUT2D eigenvalue weighted by atomic mass is 16.5. The molecule has 2 aliphatic rings. The standard InChI is InChI=1S/C42H57N5O2/c1-28-22-43-24-35(28)34-21-30(10-13-36(34)42(5,6)7)20-29-8-11-31(12-9-29)40(39(48)14-17-41(2,3)4)38-26-44-37(25-45-38)32-23-46-47(27-32)33-15-18-49-19-16-33/h10,13,21-27,29,31,33,40,43H,8-9,11-12,14-20H2,1-7H3. The summed E-state index contributed by atoms with van der Waals surface area (Å²) in [5.41, 5.74) is 9.50. The van der Waals surface area contributed by atoms with Crippen LogP contribution in [0.3, 0.4) is 0 Å². The van der Waals surface area contributed by atoms with E-state index in [1.165, 1.54) is 27.8 Å². The second-order valence-corrected chi connectivity index (χ2v) is 17.1. The van der Waals surface area contributed by atoms with Crippen LogP contribution in [0.15, 0.2) is 55.4 Å². The van der Waals surface area contributed by atoms with Gasteiger partial charge in [-0.2, -0.15) is 5.10 Å². The molecular weight excluding hydrogens is 606 g/mol. The summed E-state index contributed by atoms with van der Waals surface area (Å²) in [7, 11) is 0. The van der Waals surface area contributed by atoms with Crippen LogP contribution in [0.4, 0.5) is 0 Å². The van der Waals surface area contributed by atoms with E-state index in [9.17, 15) is 4.79 Å². The third-order valence-corrected chi connectivity index (χ3v) is 10.9. The number of H-pyrrole nitrogens is 1. The summed E-state index contributed by atoms with van der Waals surface area (Å²) in [5.74, 6) is 1.02. The smallest absolute Gasteiger partial charge is 0.142 e. The van der Waals surface area contributed by atoms with E-state index in [1.807, 2.05) is 23.3 Å². The predicted molar refractivity (Wildman–Crippen MR) is 198 cm³/mol. The van der Waals surface area contributed by atoms with Gasteiger partial charge in [0.1, 0.15) is 5.78 Å². The Balaban J connectivity index is 1.16. The molecule has 1 N–H and O–H groups in total. The van der Waals surface area contributed by atoms with Crippen molar-refractivity contribution in [1.82, 2.24) is 24.7 Å². The van der Waals surface area contributed by atoms with E-state index in [0.29, 0.717) is 30.1 Å². The van der Waals surface area contributed by atoms with Crippen LogP contribution in [0.2, 0.25) is 0 Å². The number of hydrogen-bond acceptors (Lipinski definition) is 5. The van der Waals surface area contributed by atoms with Gasteiger partial charge in [-0.05, 0) is 103 Å². The molecule has 0 radical (unpaired) electrons. The molecule has 2 fully saturated rings. The molecule has 0 bridgehead atoms. The highest BCUT2D eigenvalue weighted by Gasteiger charge is 2.35. The van der Waals surface area contributed by atoms with Gasteiger partial charge in [0.15, 0.2) is 0 Å². The fraction of sp³-hybridized carbons (Fsp3) is 0.571. The van der Waals surface area contributed by atoms with Gasteiger partial charge in [0.05, 0.1) is 35.7 Å². The summed E-state index contributed by atoms with van der Waals surface area (Å²) in [4.78, 5) is 27.1. The second-order valence-electron chi connectivity index (χ2n) is 17.1. The topological polar surface area (TPSA) is 85.7 Å². The monoisotopic (exact) mass is 663 g/mol. The molecule has 1 atom stereocenters. The van der Waals surface area contributed by atoms with Gasteiger partial charge in [-0.15, -0.1) is 0 Å². The van der Waals surface area contributed by atoms with E-state index >= 15 is 0 Å². The molecule has 4 aromatic rings. The lowest BCUT2D eigenvalue weighted by Gasteiger charge is -2.33. The Bertz CT molecular complexity index is 1690. The quantitative estimate of drug-likeness (QED) is 0.183. The minimum Gasteiger partial charge on any atom is -0.381 e. The summed E-state index contributed by atoms with van der Waals surface area (Å²) < 4.78 is 7.58. The number of benzene rings is 1. The van der Waals surface area contributed by atoms with Crippen LogP contribution in [0.5, 0.6) is 0 Å². The fourth-order valence-electron chi connectivity index (χ4n) is 7.98. The van der Waals surface area contributed by atoms with Gasteiger partial charge in [0.25, 0.3) is 0 Å². The van der Waals surface area contributed by atoms with Gasteiger partial charge < -0.3 is 9.72 Å². The zero-order valence-electron chi connectivity index (χ0n) is 30.9. The average Bonchev–Trinajstić information content (AvgIpc) is 3.74. The molecule has 262 valence electrons. The molecule has 4 heterocycles. The molecular formula is C42H57N5O2. The van der Waals surface area contributed by atoms with Crippen LogP contribution in [-0.4, -0.2) is 43.7 Å². The van der Waals surface area contributed by atoms with E-state index in [1.54, 1.807) is 0 Å². The molecule has 1 aliphatic carbocycles. The predicted octanol–water partition coefficient (Wildman–Crippen LogP) is 9.82. The first-order valence-electron chi connectivity index (χ1n) is 18.6. The van der Waals surface area contributed by atoms with Crippen LogP contribution in [0.25, 0.3) is 22.4 Å². The molecule has 7 heteroatoms. The summed E-state index contributed by atoms with van der Waals surface area (Å²) in [6, 6.07) is 7.50.